The van der Waals surface area contributed by atoms with Crippen LogP contribution < -0.4 is 14.8 Å². The first-order valence-corrected chi connectivity index (χ1v) is 9.47. The van der Waals surface area contributed by atoms with Crippen LogP contribution in [0.25, 0.3) is 0 Å². The first kappa shape index (κ1) is 23.0. The number of methoxy groups -OCH3 is 1. The summed E-state index contributed by atoms with van der Waals surface area (Å²) >= 11 is 6.06. The van der Waals surface area contributed by atoms with Crippen LogP contribution in [0.4, 0.5) is 4.39 Å². The minimum Gasteiger partial charge on any atom is -0.493 e. The van der Waals surface area contributed by atoms with Gasteiger partial charge in [-0.2, -0.15) is 0 Å². The smallest absolute Gasteiger partial charge is 0.161 e. The maximum absolute atomic E-state index is 13.9. The Morgan fingerprint density at radius 1 is 1.00 bits per heavy atom. The molecule has 0 radical (unpaired) electrons. The summed E-state index contributed by atoms with van der Waals surface area (Å²) in [5.74, 6) is 0.753. The lowest BCUT2D eigenvalue weighted by molar-refractivity contribution is 0.279. The second-order valence-corrected chi connectivity index (χ2v) is 6.89. The van der Waals surface area contributed by atoms with Crippen LogP contribution in [0.1, 0.15) is 29.7 Å². The van der Waals surface area contributed by atoms with Crippen molar-refractivity contribution >= 4 is 24.0 Å². The molecule has 6 heteroatoms. The summed E-state index contributed by atoms with van der Waals surface area (Å²) in [5.41, 5.74) is 2.63. The van der Waals surface area contributed by atoms with Gasteiger partial charge in [0.15, 0.2) is 11.5 Å². The minimum atomic E-state index is -0.387. The summed E-state index contributed by atoms with van der Waals surface area (Å²) in [5, 5.41) is 3.84. The van der Waals surface area contributed by atoms with Gasteiger partial charge in [-0.3, -0.25) is 0 Å². The van der Waals surface area contributed by atoms with Crippen LogP contribution in [0.2, 0.25) is 5.02 Å². The van der Waals surface area contributed by atoms with Crippen LogP contribution in [0.5, 0.6) is 11.5 Å². The lowest BCUT2D eigenvalue weighted by Crippen LogP contribution is -2.18. The third kappa shape index (κ3) is 6.10. The highest BCUT2D eigenvalue weighted by Crippen LogP contribution is 2.30. The minimum absolute atomic E-state index is 0. The molecule has 3 aromatic rings. The molecule has 29 heavy (non-hydrogen) atoms. The van der Waals surface area contributed by atoms with E-state index in [9.17, 15) is 4.39 Å². The molecule has 1 N–H and O–H groups in total. The molecule has 0 amide bonds. The van der Waals surface area contributed by atoms with Crippen molar-refractivity contribution in [2.24, 2.45) is 0 Å². The summed E-state index contributed by atoms with van der Waals surface area (Å²) in [6, 6.07) is 20.8. The highest BCUT2D eigenvalue weighted by Gasteiger charge is 2.11. The van der Waals surface area contributed by atoms with Crippen molar-refractivity contribution in [1.82, 2.24) is 5.32 Å². The maximum Gasteiger partial charge on any atom is 0.161 e. The third-order valence-corrected chi connectivity index (χ3v) is 4.93. The van der Waals surface area contributed by atoms with Gasteiger partial charge in [-0.1, -0.05) is 54.1 Å². The second kappa shape index (κ2) is 11.1. The first-order chi connectivity index (χ1) is 13.6. The Hall–Kier alpha value is -2.27. The number of benzene rings is 3. The van der Waals surface area contributed by atoms with Gasteiger partial charge in [-0.05, 0) is 42.3 Å². The van der Waals surface area contributed by atoms with Crippen LogP contribution in [0, 0.1) is 5.82 Å². The molecule has 0 fully saturated rings. The van der Waals surface area contributed by atoms with Crippen molar-refractivity contribution in [3.63, 3.8) is 0 Å². The van der Waals surface area contributed by atoms with Crippen molar-refractivity contribution in [3.8, 4) is 11.5 Å². The molecule has 0 saturated carbocycles. The number of ether oxygens (including phenoxy) is 2. The molecule has 154 valence electrons. The Bertz CT molecular complexity index is 902. The normalized spacial score (nSPS) is 11.4. The molecule has 0 aliphatic rings. The van der Waals surface area contributed by atoms with Gasteiger partial charge in [0.05, 0.1) is 12.1 Å². The van der Waals surface area contributed by atoms with Crippen LogP contribution in [-0.2, 0) is 13.2 Å². The molecule has 1 atom stereocenters. The van der Waals surface area contributed by atoms with Gasteiger partial charge in [0.2, 0.25) is 0 Å². The standard InChI is InChI=1S/C23H23ClFNO2.ClH/c1-16(18-7-4-3-5-8-18)26-14-17-11-12-22(23(13-17)27-2)28-15-19-20(24)9-6-10-21(19)25;/h3-13,16,26H,14-15H2,1-2H3;1H. The van der Waals surface area contributed by atoms with E-state index in [0.29, 0.717) is 28.6 Å². The van der Waals surface area contributed by atoms with Crippen molar-refractivity contribution in [2.75, 3.05) is 7.11 Å². The fourth-order valence-electron chi connectivity index (χ4n) is 2.89. The average molecular weight is 436 g/mol. The highest BCUT2D eigenvalue weighted by atomic mass is 35.5. The van der Waals surface area contributed by atoms with Gasteiger partial charge in [-0.25, -0.2) is 4.39 Å². The summed E-state index contributed by atoms with van der Waals surface area (Å²) < 4.78 is 25.1. The Balaban J connectivity index is 0.00000300. The molecule has 3 nitrogen and oxygen atoms in total. The van der Waals surface area contributed by atoms with Crippen molar-refractivity contribution in [1.29, 1.82) is 0 Å². The lowest BCUT2D eigenvalue weighted by atomic mass is 10.1. The highest BCUT2D eigenvalue weighted by molar-refractivity contribution is 6.31. The maximum atomic E-state index is 13.9. The fourth-order valence-corrected chi connectivity index (χ4v) is 3.11. The lowest BCUT2D eigenvalue weighted by Gasteiger charge is -2.16. The molecular weight excluding hydrogens is 412 g/mol. The quantitative estimate of drug-likeness (QED) is 0.447. The summed E-state index contributed by atoms with van der Waals surface area (Å²) in [6.07, 6.45) is 0. The number of rotatable bonds is 8. The molecule has 0 bridgehead atoms. The number of hydrogen-bond acceptors (Lipinski definition) is 3. The van der Waals surface area contributed by atoms with Crippen molar-refractivity contribution in [2.45, 2.75) is 26.1 Å². The third-order valence-electron chi connectivity index (χ3n) is 4.57. The first-order valence-electron chi connectivity index (χ1n) is 9.09. The van der Waals surface area contributed by atoms with Gasteiger partial charge in [0.25, 0.3) is 0 Å². The number of nitrogens with one attached hydrogen (secondary N) is 1. The fraction of sp³-hybridized carbons (Fsp3) is 0.217. The Labute approximate surface area is 182 Å². The predicted octanol–water partition coefficient (Wildman–Crippen LogP) is 6.34. The number of halogens is 3. The van der Waals surface area contributed by atoms with E-state index < -0.39 is 0 Å². The van der Waals surface area contributed by atoms with Crippen LogP contribution in [0.3, 0.4) is 0 Å². The molecular formula is C23H24Cl2FNO2. The second-order valence-electron chi connectivity index (χ2n) is 6.49. The molecule has 0 heterocycles. The zero-order valence-corrected chi connectivity index (χ0v) is 17.9. The van der Waals surface area contributed by atoms with E-state index in [2.05, 4.69) is 24.4 Å². The molecule has 0 aliphatic heterocycles. The van der Waals surface area contributed by atoms with Gasteiger partial charge in [-0.15, -0.1) is 12.4 Å². The molecule has 1 unspecified atom stereocenters. The largest absolute Gasteiger partial charge is 0.493 e. The molecule has 0 aromatic heterocycles. The van der Waals surface area contributed by atoms with Gasteiger partial charge >= 0.3 is 0 Å². The average Bonchev–Trinajstić information content (AvgIpc) is 2.72. The number of hydrogen-bond donors (Lipinski definition) is 1. The van der Waals surface area contributed by atoms with E-state index in [1.807, 2.05) is 36.4 Å². The zero-order valence-electron chi connectivity index (χ0n) is 16.3. The Morgan fingerprint density at radius 2 is 1.76 bits per heavy atom. The molecule has 3 rings (SSSR count). The van der Waals surface area contributed by atoms with Gasteiger partial charge in [0.1, 0.15) is 12.4 Å². The molecule has 0 spiro atoms. The summed E-state index contributed by atoms with van der Waals surface area (Å²) in [4.78, 5) is 0. The predicted molar refractivity (Wildman–Crippen MR) is 118 cm³/mol. The van der Waals surface area contributed by atoms with E-state index in [1.165, 1.54) is 11.6 Å². The van der Waals surface area contributed by atoms with Crippen LogP contribution in [0.15, 0.2) is 66.7 Å². The molecule has 3 aromatic carbocycles. The molecule has 0 saturated heterocycles. The zero-order chi connectivity index (χ0) is 19.9. The van der Waals surface area contributed by atoms with E-state index in [4.69, 9.17) is 21.1 Å². The Morgan fingerprint density at radius 3 is 2.45 bits per heavy atom. The summed E-state index contributed by atoms with van der Waals surface area (Å²) in [7, 11) is 1.59. The van der Waals surface area contributed by atoms with E-state index in [1.54, 1.807) is 19.2 Å². The topological polar surface area (TPSA) is 30.5 Å². The van der Waals surface area contributed by atoms with Gasteiger partial charge < -0.3 is 14.8 Å². The SMILES string of the molecule is COc1cc(CNC(C)c2ccccc2)ccc1OCc1c(F)cccc1Cl.Cl. The summed E-state index contributed by atoms with van der Waals surface area (Å²) in [6.45, 7) is 2.85. The van der Waals surface area contributed by atoms with E-state index in [0.717, 1.165) is 5.56 Å². The van der Waals surface area contributed by atoms with Gasteiger partial charge in [0, 0.05) is 18.2 Å². The van der Waals surface area contributed by atoms with E-state index in [-0.39, 0.29) is 30.9 Å². The van der Waals surface area contributed by atoms with Crippen LogP contribution >= 0.6 is 24.0 Å². The monoisotopic (exact) mass is 435 g/mol. The Kier molecular flexibility index (Phi) is 8.77. The molecule has 0 aliphatic carbocycles. The van der Waals surface area contributed by atoms with Crippen molar-refractivity contribution < 1.29 is 13.9 Å². The van der Waals surface area contributed by atoms with Crippen molar-refractivity contribution in [3.05, 3.63) is 94.3 Å². The van der Waals surface area contributed by atoms with Crippen LogP contribution in [-0.4, -0.2) is 7.11 Å². The van der Waals surface area contributed by atoms with E-state index >= 15 is 0 Å².